The number of amides is 1. The molecule has 3 aromatic rings. The van der Waals surface area contributed by atoms with Crippen molar-refractivity contribution in [2.75, 3.05) is 11.4 Å². The van der Waals surface area contributed by atoms with Gasteiger partial charge in [0.2, 0.25) is 0 Å². The minimum absolute atomic E-state index is 0.0789. The van der Waals surface area contributed by atoms with Crippen LogP contribution in [0.3, 0.4) is 0 Å². The van der Waals surface area contributed by atoms with Crippen molar-refractivity contribution in [3.05, 3.63) is 83.2 Å². The van der Waals surface area contributed by atoms with Crippen molar-refractivity contribution < 1.29 is 27.5 Å². The average molecular weight is 625 g/mol. The van der Waals surface area contributed by atoms with E-state index in [-0.39, 0.29) is 23.9 Å². The number of anilines is 1. The van der Waals surface area contributed by atoms with E-state index in [1.165, 1.54) is 22.1 Å². The molecule has 0 radical (unpaired) electrons. The molecule has 0 aliphatic rings. The molecular weight excluding hydrogens is 580 g/mol. The Balaban J connectivity index is 2.02. The van der Waals surface area contributed by atoms with Crippen molar-refractivity contribution >= 4 is 27.9 Å². The number of aryl methyl sites for hydroxylation is 2. The molecule has 0 atom stereocenters. The van der Waals surface area contributed by atoms with Crippen LogP contribution in [-0.2, 0) is 50.2 Å². The molecule has 0 spiro atoms. The zero-order valence-corrected chi connectivity index (χ0v) is 27.8. The summed E-state index contributed by atoms with van der Waals surface area (Å²) in [5, 5.41) is -0.0858. The van der Waals surface area contributed by atoms with Crippen LogP contribution in [0.4, 0.5) is 10.6 Å². The molecule has 0 bridgehead atoms. The molecule has 0 fully saturated rings. The van der Waals surface area contributed by atoms with Crippen molar-refractivity contribution in [1.29, 1.82) is 0 Å². The molecule has 1 amide bonds. The normalized spacial score (nSPS) is 12.2. The van der Waals surface area contributed by atoms with Gasteiger partial charge in [0.05, 0.1) is 12.2 Å². The number of esters is 1. The molecule has 0 unspecified atom stereocenters. The highest BCUT2D eigenvalue weighted by molar-refractivity contribution is 7.89. The lowest BCUT2D eigenvalue weighted by Crippen LogP contribution is -2.42. The highest BCUT2D eigenvalue weighted by atomic mass is 32.2. The molecular formula is C33H44N4O6S. The number of hydrogen-bond acceptors (Lipinski definition) is 8. The lowest BCUT2D eigenvalue weighted by Gasteiger charge is -2.28. The molecule has 11 heteroatoms. The molecule has 0 aliphatic carbocycles. The first kappa shape index (κ1) is 34.7. The fourth-order valence-electron chi connectivity index (χ4n) is 4.46. The number of hydrogen-bond donors (Lipinski definition) is 0. The zero-order valence-electron chi connectivity index (χ0n) is 27.0. The third-order valence-corrected chi connectivity index (χ3v) is 8.07. The van der Waals surface area contributed by atoms with Gasteiger partial charge in [-0.2, -0.15) is 4.31 Å². The van der Waals surface area contributed by atoms with Crippen molar-refractivity contribution in [3.63, 3.8) is 0 Å². The molecule has 10 nitrogen and oxygen atoms in total. The maximum atomic E-state index is 13.9. The Labute approximate surface area is 261 Å². The SMILES string of the molecule is CCc1ccc(CN(Cc2cccc(N(CC(=O)OC(C)(C)C)C(=O)OC(C)(C)C)n2)S(=O)(=O)c2ccccn2)cc1CC. The van der Waals surface area contributed by atoms with E-state index >= 15 is 0 Å². The van der Waals surface area contributed by atoms with Gasteiger partial charge in [-0.15, -0.1) is 0 Å². The number of carbonyl (C=O) groups is 2. The summed E-state index contributed by atoms with van der Waals surface area (Å²) in [6.07, 6.45) is 2.36. The Morgan fingerprint density at radius 3 is 2.09 bits per heavy atom. The van der Waals surface area contributed by atoms with Gasteiger partial charge < -0.3 is 9.47 Å². The molecule has 0 aliphatic heterocycles. The van der Waals surface area contributed by atoms with Gasteiger partial charge in [0.15, 0.2) is 5.03 Å². The summed E-state index contributed by atoms with van der Waals surface area (Å²) >= 11 is 0. The second-order valence-electron chi connectivity index (χ2n) is 12.4. The van der Waals surface area contributed by atoms with E-state index in [1.54, 1.807) is 71.9 Å². The Bertz CT molecular complexity index is 1550. The number of pyridine rings is 2. The summed E-state index contributed by atoms with van der Waals surface area (Å²) in [7, 11) is -4.04. The maximum Gasteiger partial charge on any atom is 0.416 e. The highest BCUT2D eigenvalue weighted by Crippen LogP contribution is 2.24. The van der Waals surface area contributed by atoms with Crippen molar-refractivity contribution in [3.8, 4) is 0 Å². The minimum atomic E-state index is -4.04. The van der Waals surface area contributed by atoms with Crippen molar-refractivity contribution in [2.45, 2.75) is 97.5 Å². The number of ether oxygens (including phenoxy) is 2. The first-order valence-corrected chi connectivity index (χ1v) is 16.2. The van der Waals surface area contributed by atoms with E-state index in [1.807, 2.05) is 18.2 Å². The van der Waals surface area contributed by atoms with Crippen LogP contribution in [0.2, 0.25) is 0 Å². The van der Waals surface area contributed by atoms with Gasteiger partial charge in [-0.1, -0.05) is 44.2 Å². The average Bonchev–Trinajstić information content (AvgIpc) is 2.94. The minimum Gasteiger partial charge on any atom is -0.459 e. The van der Waals surface area contributed by atoms with E-state index in [2.05, 4.69) is 23.8 Å². The third-order valence-electron chi connectivity index (χ3n) is 6.36. The standard InChI is InChI=1S/C33H44N4O6S/c1-9-25-18-17-24(20-26(25)10-2)21-36(44(40,41)29-16-11-12-19-34-29)22-27-14-13-15-28(35-27)37(31(39)43-33(6,7)8)23-30(38)42-32(3,4)5/h11-20H,9-10,21-23H2,1-8H3. The van der Waals surface area contributed by atoms with Crippen LogP contribution < -0.4 is 4.90 Å². The quantitative estimate of drug-likeness (QED) is 0.236. The predicted octanol–water partition coefficient (Wildman–Crippen LogP) is 6.08. The molecule has 0 saturated carbocycles. The van der Waals surface area contributed by atoms with Gasteiger partial charge in [0.25, 0.3) is 10.0 Å². The Kier molecular flexibility index (Phi) is 11.3. The number of carbonyl (C=O) groups excluding carboxylic acids is 2. The van der Waals surface area contributed by atoms with Gasteiger partial charge in [-0.3, -0.25) is 9.69 Å². The largest absolute Gasteiger partial charge is 0.459 e. The molecule has 238 valence electrons. The Morgan fingerprint density at radius 2 is 1.50 bits per heavy atom. The highest BCUT2D eigenvalue weighted by Gasteiger charge is 2.30. The lowest BCUT2D eigenvalue weighted by atomic mass is 10.00. The molecule has 44 heavy (non-hydrogen) atoms. The Hall–Kier alpha value is -3.83. The van der Waals surface area contributed by atoms with E-state index in [0.29, 0.717) is 5.69 Å². The van der Waals surface area contributed by atoms with E-state index in [4.69, 9.17) is 9.47 Å². The number of aromatic nitrogens is 2. The fourth-order valence-corrected chi connectivity index (χ4v) is 5.79. The number of benzene rings is 1. The molecule has 1 aromatic carbocycles. The van der Waals surface area contributed by atoms with Crippen LogP contribution in [0.25, 0.3) is 0 Å². The van der Waals surface area contributed by atoms with Crippen LogP contribution >= 0.6 is 0 Å². The molecule has 2 aromatic heterocycles. The maximum absolute atomic E-state index is 13.9. The molecule has 0 saturated heterocycles. The van der Waals surface area contributed by atoms with Crippen molar-refractivity contribution in [2.24, 2.45) is 0 Å². The number of sulfonamides is 1. The summed E-state index contributed by atoms with van der Waals surface area (Å²) in [4.78, 5) is 35.8. The topological polar surface area (TPSA) is 119 Å². The first-order chi connectivity index (χ1) is 20.5. The molecule has 2 heterocycles. The van der Waals surface area contributed by atoms with Crippen LogP contribution in [0.15, 0.2) is 65.8 Å². The van der Waals surface area contributed by atoms with Crippen LogP contribution in [0.5, 0.6) is 0 Å². The fraction of sp³-hybridized carbons (Fsp3) is 0.455. The van der Waals surface area contributed by atoms with Gasteiger partial charge in [0, 0.05) is 12.7 Å². The summed E-state index contributed by atoms with van der Waals surface area (Å²) in [5.41, 5.74) is 1.97. The first-order valence-electron chi connectivity index (χ1n) is 14.7. The smallest absolute Gasteiger partial charge is 0.416 e. The molecule has 0 N–H and O–H groups in total. The van der Waals surface area contributed by atoms with Gasteiger partial charge in [-0.25, -0.2) is 23.2 Å². The Morgan fingerprint density at radius 1 is 0.818 bits per heavy atom. The van der Waals surface area contributed by atoms with Crippen molar-refractivity contribution in [1.82, 2.24) is 14.3 Å². The van der Waals surface area contributed by atoms with Crippen LogP contribution in [-0.4, -0.2) is 52.5 Å². The number of nitrogens with zero attached hydrogens (tertiary/aromatic N) is 4. The summed E-state index contributed by atoms with van der Waals surface area (Å²) in [5.74, 6) is -0.518. The molecule has 3 rings (SSSR count). The lowest BCUT2D eigenvalue weighted by molar-refractivity contribution is -0.153. The summed E-state index contributed by atoms with van der Waals surface area (Å²) < 4.78 is 40.1. The number of rotatable bonds is 11. The summed E-state index contributed by atoms with van der Waals surface area (Å²) in [6, 6.07) is 15.6. The summed E-state index contributed by atoms with van der Waals surface area (Å²) in [6.45, 7) is 14.0. The van der Waals surface area contributed by atoms with E-state index in [0.717, 1.165) is 28.9 Å². The second-order valence-corrected chi connectivity index (χ2v) is 14.3. The van der Waals surface area contributed by atoms with Crippen LogP contribution in [0.1, 0.15) is 77.8 Å². The van der Waals surface area contributed by atoms with E-state index in [9.17, 15) is 18.0 Å². The zero-order chi connectivity index (χ0) is 32.7. The second kappa shape index (κ2) is 14.3. The van der Waals surface area contributed by atoms with E-state index < -0.39 is 39.8 Å². The predicted molar refractivity (Wildman–Crippen MR) is 170 cm³/mol. The van der Waals surface area contributed by atoms with Gasteiger partial charge in [-0.05, 0) is 95.3 Å². The third kappa shape index (κ3) is 9.85. The monoisotopic (exact) mass is 624 g/mol. The van der Waals surface area contributed by atoms with Gasteiger partial charge in [0.1, 0.15) is 23.6 Å². The van der Waals surface area contributed by atoms with Crippen LogP contribution in [0, 0.1) is 0 Å². The van der Waals surface area contributed by atoms with Gasteiger partial charge >= 0.3 is 12.1 Å².